The summed E-state index contributed by atoms with van der Waals surface area (Å²) in [7, 11) is 0.115. The van der Waals surface area contributed by atoms with Gasteiger partial charge in [0.15, 0.2) is 0 Å². The number of hydrogen-bond donors (Lipinski definition) is 1. The van der Waals surface area contributed by atoms with Crippen LogP contribution in [0.25, 0.3) is 0 Å². The molecule has 0 aliphatic carbocycles. The van der Waals surface area contributed by atoms with Crippen molar-refractivity contribution in [1.82, 2.24) is 14.5 Å². The predicted octanol–water partition coefficient (Wildman–Crippen LogP) is 2.40. The number of nitrogens with zero attached hydrogens (tertiary/aromatic N) is 3. The molecule has 1 N–H and O–H groups in total. The molecule has 1 aliphatic heterocycles. The lowest BCUT2D eigenvalue weighted by Gasteiger charge is -2.35. The number of amides is 1. The van der Waals surface area contributed by atoms with Crippen LogP contribution < -0.4 is 10.2 Å². The molecular weight excluding hydrogens is 412 g/mol. The zero-order valence-electron chi connectivity index (χ0n) is 18.7. The minimum atomic E-state index is -3.57. The Labute approximate surface area is 185 Å². The van der Waals surface area contributed by atoms with E-state index in [-0.39, 0.29) is 16.8 Å². The molecule has 0 atom stereocenters. The van der Waals surface area contributed by atoms with Gasteiger partial charge in [-0.1, -0.05) is 18.2 Å². The quantitative estimate of drug-likeness (QED) is 0.710. The molecule has 0 aromatic heterocycles. The third-order valence-corrected chi connectivity index (χ3v) is 7.84. The first kappa shape index (κ1) is 23.2. The van der Waals surface area contributed by atoms with E-state index in [1.54, 1.807) is 19.2 Å². The standard InChI is InChI=1S/C23H32N4O3S/c1-18(2)26(4)31(29,30)21-11-9-19(10-12-21)23(28)24-17-20-7-5-6-8-22(20)27-15-13-25(3)14-16-27/h5-12,18H,13-17H2,1-4H3,(H,24,28). The van der Waals surface area contributed by atoms with E-state index in [1.165, 1.54) is 16.4 Å². The molecule has 8 heteroatoms. The number of para-hydroxylation sites is 1. The lowest BCUT2D eigenvalue weighted by Crippen LogP contribution is -2.45. The number of rotatable bonds is 7. The second-order valence-electron chi connectivity index (χ2n) is 8.24. The van der Waals surface area contributed by atoms with Crippen molar-refractivity contribution < 1.29 is 13.2 Å². The fraction of sp³-hybridized carbons (Fsp3) is 0.435. The van der Waals surface area contributed by atoms with Crippen molar-refractivity contribution in [2.45, 2.75) is 31.3 Å². The van der Waals surface area contributed by atoms with E-state index in [9.17, 15) is 13.2 Å². The van der Waals surface area contributed by atoms with Gasteiger partial charge in [-0.05, 0) is 56.8 Å². The Balaban J connectivity index is 1.67. The number of piperazine rings is 1. The van der Waals surface area contributed by atoms with E-state index in [0.717, 1.165) is 37.4 Å². The lowest BCUT2D eigenvalue weighted by molar-refractivity contribution is 0.0951. The maximum absolute atomic E-state index is 12.7. The molecule has 7 nitrogen and oxygen atoms in total. The van der Waals surface area contributed by atoms with Gasteiger partial charge < -0.3 is 15.1 Å². The average molecular weight is 445 g/mol. The van der Waals surface area contributed by atoms with Crippen LogP contribution in [0, 0.1) is 0 Å². The van der Waals surface area contributed by atoms with Gasteiger partial charge in [-0.15, -0.1) is 0 Å². The highest BCUT2D eigenvalue weighted by atomic mass is 32.2. The summed E-state index contributed by atoms with van der Waals surface area (Å²) in [6.07, 6.45) is 0. The number of carbonyl (C=O) groups excluding carboxylic acids is 1. The molecule has 0 saturated carbocycles. The topological polar surface area (TPSA) is 73.0 Å². The number of carbonyl (C=O) groups is 1. The van der Waals surface area contributed by atoms with Gasteiger partial charge in [-0.2, -0.15) is 4.31 Å². The van der Waals surface area contributed by atoms with Crippen LogP contribution in [0.2, 0.25) is 0 Å². The maximum Gasteiger partial charge on any atom is 0.251 e. The third kappa shape index (κ3) is 5.44. The van der Waals surface area contributed by atoms with Crippen LogP contribution in [0.4, 0.5) is 5.69 Å². The van der Waals surface area contributed by atoms with Crippen molar-refractivity contribution >= 4 is 21.6 Å². The second-order valence-corrected chi connectivity index (χ2v) is 10.2. The van der Waals surface area contributed by atoms with Crippen LogP contribution in [0.1, 0.15) is 29.8 Å². The molecule has 2 aromatic rings. The molecule has 0 radical (unpaired) electrons. The Hall–Kier alpha value is -2.42. The molecule has 1 aliphatic rings. The normalized spacial score (nSPS) is 15.5. The summed E-state index contributed by atoms with van der Waals surface area (Å²) in [6.45, 7) is 8.00. The van der Waals surface area contributed by atoms with Crippen molar-refractivity contribution in [3.05, 3.63) is 59.7 Å². The average Bonchev–Trinajstić information content (AvgIpc) is 2.77. The van der Waals surface area contributed by atoms with Crippen LogP contribution in [0.5, 0.6) is 0 Å². The van der Waals surface area contributed by atoms with E-state index in [2.05, 4.69) is 28.2 Å². The highest BCUT2D eigenvalue weighted by Crippen LogP contribution is 2.22. The first-order chi connectivity index (χ1) is 14.7. The fourth-order valence-electron chi connectivity index (χ4n) is 3.52. The highest BCUT2D eigenvalue weighted by molar-refractivity contribution is 7.89. The molecule has 31 heavy (non-hydrogen) atoms. The zero-order chi connectivity index (χ0) is 22.6. The second kappa shape index (κ2) is 9.80. The number of nitrogens with one attached hydrogen (secondary N) is 1. The molecule has 1 amide bonds. The van der Waals surface area contributed by atoms with E-state index >= 15 is 0 Å². The SMILES string of the molecule is CC(C)N(C)S(=O)(=O)c1ccc(C(=O)NCc2ccccc2N2CCN(C)CC2)cc1. The van der Waals surface area contributed by atoms with Crippen molar-refractivity contribution in [2.24, 2.45) is 0 Å². The number of hydrogen-bond acceptors (Lipinski definition) is 5. The summed E-state index contributed by atoms with van der Waals surface area (Å²) in [4.78, 5) is 17.5. The zero-order valence-corrected chi connectivity index (χ0v) is 19.5. The summed E-state index contributed by atoms with van der Waals surface area (Å²) in [5.74, 6) is -0.227. The maximum atomic E-state index is 12.7. The van der Waals surface area contributed by atoms with Crippen molar-refractivity contribution in [3.8, 4) is 0 Å². The number of benzene rings is 2. The molecule has 168 valence electrons. The van der Waals surface area contributed by atoms with Crippen molar-refractivity contribution in [1.29, 1.82) is 0 Å². The molecule has 1 heterocycles. The molecular formula is C23H32N4O3S. The first-order valence-electron chi connectivity index (χ1n) is 10.6. The van der Waals surface area contributed by atoms with E-state index in [4.69, 9.17) is 0 Å². The van der Waals surface area contributed by atoms with Crippen LogP contribution in [-0.4, -0.2) is 69.8 Å². The van der Waals surface area contributed by atoms with Crippen LogP contribution in [0.15, 0.2) is 53.4 Å². The summed E-state index contributed by atoms with van der Waals surface area (Å²) in [5.41, 5.74) is 2.65. The van der Waals surface area contributed by atoms with Gasteiger partial charge in [-0.25, -0.2) is 8.42 Å². The molecule has 0 unspecified atom stereocenters. The minimum absolute atomic E-state index is 0.145. The van der Waals surface area contributed by atoms with Gasteiger partial charge in [0.1, 0.15) is 0 Å². The van der Waals surface area contributed by atoms with Gasteiger partial charge >= 0.3 is 0 Å². The summed E-state index contributed by atoms with van der Waals surface area (Å²) in [6, 6.07) is 14.1. The van der Waals surface area contributed by atoms with Crippen LogP contribution in [-0.2, 0) is 16.6 Å². The van der Waals surface area contributed by atoms with Crippen LogP contribution in [0.3, 0.4) is 0 Å². The highest BCUT2D eigenvalue weighted by Gasteiger charge is 2.23. The van der Waals surface area contributed by atoms with Gasteiger partial charge in [0, 0.05) is 57.1 Å². The number of anilines is 1. The summed E-state index contributed by atoms with van der Waals surface area (Å²) >= 11 is 0. The van der Waals surface area contributed by atoms with Gasteiger partial charge in [0.05, 0.1) is 4.90 Å². The Kier molecular flexibility index (Phi) is 7.35. The molecule has 0 bridgehead atoms. The molecule has 1 saturated heterocycles. The Morgan fingerprint density at radius 3 is 2.26 bits per heavy atom. The van der Waals surface area contributed by atoms with Gasteiger partial charge in [0.2, 0.25) is 10.0 Å². The molecule has 3 rings (SSSR count). The fourth-order valence-corrected chi connectivity index (χ4v) is 4.88. The van der Waals surface area contributed by atoms with Crippen molar-refractivity contribution in [3.63, 3.8) is 0 Å². The minimum Gasteiger partial charge on any atom is -0.369 e. The molecule has 0 spiro atoms. The van der Waals surface area contributed by atoms with Gasteiger partial charge in [0.25, 0.3) is 5.91 Å². The van der Waals surface area contributed by atoms with Crippen LogP contribution >= 0.6 is 0 Å². The largest absolute Gasteiger partial charge is 0.369 e. The molecule has 1 fully saturated rings. The monoisotopic (exact) mass is 444 g/mol. The lowest BCUT2D eigenvalue weighted by atomic mass is 10.1. The third-order valence-electron chi connectivity index (χ3n) is 5.80. The van der Waals surface area contributed by atoms with Gasteiger partial charge in [-0.3, -0.25) is 4.79 Å². The Bertz CT molecular complexity index is 998. The number of likely N-dealkylation sites (N-methyl/N-ethyl adjacent to an activating group) is 1. The smallest absolute Gasteiger partial charge is 0.251 e. The summed E-state index contributed by atoms with van der Waals surface area (Å²) < 4.78 is 26.5. The Morgan fingerprint density at radius 1 is 1.03 bits per heavy atom. The van der Waals surface area contributed by atoms with E-state index in [1.807, 2.05) is 32.0 Å². The first-order valence-corrected chi connectivity index (χ1v) is 12.0. The summed E-state index contributed by atoms with van der Waals surface area (Å²) in [5, 5.41) is 2.97. The van der Waals surface area contributed by atoms with E-state index in [0.29, 0.717) is 12.1 Å². The predicted molar refractivity (Wildman–Crippen MR) is 124 cm³/mol. The Morgan fingerprint density at radius 2 is 1.65 bits per heavy atom. The van der Waals surface area contributed by atoms with Crippen molar-refractivity contribution in [2.75, 3.05) is 45.2 Å². The molecule has 2 aromatic carbocycles. The van der Waals surface area contributed by atoms with E-state index < -0.39 is 10.0 Å². The number of sulfonamides is 1.